The standard InChI is InChI=1S/C23H30N6O/c1-23(2,3)29-22-18(13-25-29)12-24-21(26-22)19-15-28(16-19)20-6-4-17(5-7-20)14-27-8-10-30-11-9-27/h4-7,12-13,19H,8-11,14-16H2,1-3H3. The van der Waals surface area contributed by atoms with Gasteiger partial charge in [-0.25, -0.2) is 14.6 Å². The molecule has 0 atom stereocenters. The largest absolute Gasteiger partial charge is 0.379 e. The third-order valence-electron chi connectivity index (χ3n) is 6.02. The number of rotatable bonds is 4. The average Bonchev–Trinajstić information content (AvgIpc) is 3.13. The predicted molar refractivity (Wildman–Crippen MR) is 118 cm³/mol. The van der Waals surface area contributed by atoms with Gasteiger partial charge < -0.3 is 9.64 Å². The molecule has 5 rings (SSSR count). The number of benzene rings is 1. The molecule has 0 N–H and O–H groups in total. The number of ether oxygens (including phenoxy) is 1. The van der Waals surface area contributed by atoms with Crippen molar-refractivity contribution in [3.63, 3.8) is 0 Å². The minimum atomic E-state index is -0.0952. The van der Waals surface area contributed by atoms with Crippen molar-refractivity contribution in [2.75, 3.05) is 44.3 Å². The Morgan fingerprint density at radius 1 is 1.03 bits per heavy atom. The lowest BCUT2D eigenvalue weighted by molar-refractivity contribution is 0.0342. The zero-order valence-electron chi connectivity index (χ0n) is 18.1. The fourth-order valence-corrected chi connectivity index (χ4v) is 4.20. The van der Waals surface area contributed by atoms with Crippen molar-refractivity contribution in [2.45, 2.75) is 38.8 Å². The summed E-state index contributed by atoms with van der Waals surface area (Å²) < 4.78 is 7.43. The third-order valence-corrected chi connectivity index (χ3v) is 6.02. The van der Waals surface area contributed by atoms with Crippen LogP contribution in [0.3, 0.4) is 0 Å². The molecular weight excluding hydrogens is 376 g/mol. The summed E-state index contributed by atoms with van der Waals surface area (Å²) >= 11 is 0. The van der Waals surface area contributed by atoms with Crippen molar-refractivity contribution in [2.24, 2.45) is 0 Å². The minimum Gasteiger partial charge on any atom is -0.379 e. The van der Waals surface area contributed by atoms with E-state index in [4.69, 9.17) is 9.72 Å². The molecule has 7 heteroatoms. The highest BCUT2D eigenvalue weighted by atomic mass is 16.5. The molecule has 0 saturated carbocycles. The Morgan fingerprint density at radius 2 is 1.77 bits per heavy atom. The van der Waals surface area contributed by atoms with Crippen molar-refractivity contribution >= 4 is 16.7 Å². The Labute approximate surface area is 177 Å². The molecular formula is C23H30N6O. The molecule has 0 spiro atoms. The molecule has 0 aliphatic carbocycles. The van der Waals surface area contributed by atoms with E-state index in [0.29, 0.717) is 5.92 Å². The van der Waals surface area contributed by atoms with Crippen molar-refractivity contribution < 1.29 is 4.74 Å². The summed E-state index contributed by atoms with van der Waals surface area (Å²) in [6.45, 7) is 13.1. The monoisotopic (exact) mass is 406 g/mol. The van der Waals surface area contributed by atoms with Gasteiger partial charge in [0.1, 0.15) is 5.82 Å². The first-order valence-corrected chi connectivity index (χ1v) is 10.8. The van der Waals surface area contributed by atoms with Gasteiger partial charge in [0.25, 0.3) is 0 Å². The summed E-state index contributed by atoms with van der Waals surface area (Å²) in [5.74, 6) is 1.29. The van der Waals surface area contributed by atoms with Crippen LogP contribution >= 0.6 is 0 Å². The van der Waals surface area contributed by atoms with Crippen LogP contribution in [-0.4, -0.2) is 64.0 Å². The molecule has 0 amide bonds. The second-order valence-electron chi connectivity index (χ2n) is 9.39. The minimum absolute atomic E-state index is 0.0952. The van der Waals surface area contributed by atoms with Gasteiger partial charge in [-0.1, -0.05) is 12.1 Å². The summed E-state index contributed by atoms with van der Waals surface area (Å²) in [5.41, 5.74) is 3.47. The Morgan fingerprint density at radius 3 is 2.47 bits per heavy atom. The second-order valence-corrected chi connectivity index (χ2v) is 9.39. The highest BCUT2D eigenvalue weighted by Gasteiger charge is 2.31. The molecule has 0 unspecified atom stereocenters. The van der Waals surface area contributed by atoms with Gasteiger partial charge in [-0.15, -0.1) is 0 Å². The summed E-state index contributed by atoms with van der Waals surface area (Å²) in [7, 11) is 0. The highest BCUT2D eigenvalue weighted by Crippen LogP contribution is 2.31. The van der Waals surface area contributed by atoms with Crippen LogP contribution in [0.25, 0.3) is 11.0 Å². The zero-order valence-corrected chi connectivity index (χ0v) is 18.1. The van der Waals surface area contributed by atoms with Crippen LogP contribution in [0.4, 0.5) is 5.69 Å². The highest BCUT2D eigenvalue weighted by molar-refractivity contribution is 5.73. The molecule has 3 aromatic rings. The molecule has 2 fully saturated rings. The summed E-state index contributed by atoms with van der Waals surface area (Å²) in [5, 5.41) is 5.52. The first-order chi connectivity index (χ1) is 14.5. The van der Waals surface area contributed by atoms with Crippen LogP contribution in [0.1, 0.15) is 38.1 Å². The van der Waals surface area contributed by atoms with Gasteiger partial charge in [-0.05, 0) is 38.5 Å². The molecule has 0 radical (unpaired) electrons. The molecule has 0 bridgehead atoms. The number of hydrogen-bond donors (Lipinski definition) is 0. The van der Waals surface area contributed by atoms with E-state index in [9.17, 15) is 0 Å². The van der Waals surface area contributed by atoms with E-state index in [2.05, 4.69) is 64.9 Å². The number of nitrogens with zero attached hydrogens (tertiary/aromatic N) is 6. The van der Waals surface area contributed by atoms with Gasteiger partial charge in [0.05, 0.1) is 36.3 Å². The van der Waals surface area contributed by atoms with Crippen molar-refractivity contribution in [3.8, 4) is 0 Å². The molecule has 2 aromatic heterocycles. The Bertz CT molecular complexity index is 1010. The van der Waals surface area contributed by atoms with Crippen molar-refractivity contribution in [3.05, 3.63) is 48.0 Å². The van der Waals surface area contributed by atoms with Gasteiger partial charge in [0, 0.05) is 44.6 Å². The lowest BCUT2D eigenvalue weighted by Crippen LogP contribution is -2.45. The van der Waals surface area contributed by atoms with Gasteiger partial charge in [0.15, 0.2) is 5.65 Å². The number of fused-ring (bicyclic) bond motifs is 1. The normalized spacial score (nSPS) is 18.7. The maximum atomic E-state index is 5.44. The topological polar surface area (TPSA) is 59.3 Å². The molecule has 2 saturated heterocycles. The second kappa shape index (κ2) is 7.63. The fourth-order valence-electron chi connectivity index (χ4n) is 4.20. The van der Waals surface area contributed by atoms with E-state index in [1.165, 1.54) is 11.3 Å². The van der Waals surface area contributed by atoms with Crippen LogP contribution < -0.4 is 4.90 Å². The van der Waals surface area contributed by atoms with Crippen LogP contribution in [0.5, 0.6) is 0 Å². The van der Waals surface area contributed by atoms with Gasteiger partial charge in [-0.2, -0.15) is 5.10 Å². The molecule has 7 nitrogen and oxygen atoms in total. The van der Waals surface area contributed by atoms with Gasteiger partial charge in [-0.3, -0.25) is 4.90 Å². The summed E-state index contributed by atoms with van der Waals surface area (Å²) in [6, 6.07) is 8.99. The Balaban J connectivity index is 1.24. The van der Waals surface area contributed by atoms with Crippen molar-refractivity contribution in [1.82, 2.24) is 24.6 Å². The van der Waals surface area contributed by atoms with Crippen LogP contribution in [-0.2, 0) is 16.8 Å². The smallest absolute Gasteiger partial charge is 0.161 e. The van der Waals surface area contributed by atoms with E-state index in [1.807, 2.05) is 17.1 Å². The lowest BCUT2D eigenvalue weighted by Gasteiger charge is -2.40. The molecule has 158 valence electrons. The number of hydrogen-bond acceptors (Lipinski definition) is 6. The Kier molecular flexibility index (Phi) is 4.95. The maximum absolute atomic E-state index is 5.44. The number of anilines is 1. The molecule has 2 aliphatic heterocycles. The van der Waals surface area contributed by atoms with E-state index in [0.717, 1.165) is 62.8 Å². The third kappa shape index (κ3) is 3.79. The Hall–Kier alpha value is -2.51. The predicted octanol–water partition coefficient (Wildman–Crippen LogP) is 3.02. The fraction of sp³-hybridized carbons (Fsp3) is 0.522. The van der Waals surface area contributed by atoms with E-state index in [1.54, 1.807) is 0 Å². The summed E-state index contributed by atoms with van der Waals surface area (Å²) in [4.78, 5) is 14.4. The molecule has 30 heavy (non-hydrogen) atoms. The average molecular weight is 407 g/mol. The van der Waals surface area contributed by atoms with Gasteiger partial charge >= 0.3 is 0 Å². The first-order valence-electron chi connectivity index (χ1n) is 10.8. The molecule has 1 aromatic carbocycles. The SMILES string of the molecule is CC(C)(C)n1ncc2cnc(C3CN(c4ccc(CN5CCOCC5)cc4)C3)nc21. The van der Waals surface area contributed by atoms with Crippen molar-refractivity contribution in [1.29, 1.82) is 0 Å². The first kappa shape index (κ1) is 19.5. The van der Waals surface area contributed by atoms with Gasteiger partial charge in [0.2, 0.25) is 0 Å². The van der Waals surface area contributed by atoms with Crippen LogP contribution in [0.2, 0.25) is 0 Å². The van der Waals surface area contributed by atoms with Crippen LogP contribution in [0, 0.1) is 0 Å². The number of aromatic nitrogens is 4. The zero-order chi connectivity index (χ0) is 20.7. The quantitative estimate of drug-likeness (QED) is 0.664. The molecule has 2 aliphatic rings. The van der Waals surface area contributed by atoms with Crippen LogP contribution in [0.15, 0.2) is 36.7 Å². The van der Waals surface area contributed by atoms with E-state index >= 15 is 0 Å². The van der Waals surface area contributed by atoms with E-state index < -0.39 is 0 Å². The maximum Gasteiger partial charge on any atom is 0.161 e. The lowest BCUT2D eigenvalue weighted by atomic mass is 9.98. The summed E-state index contributed by atoms with van der Waals surface area (Å²) in [6.07, 6.45) is 3.77. The van der Waals surface area contributed by atoms with E-state index in [-0.39, 0.29) is 5.54 Å². The molecule has 4 heterocycles. The number of morpholine rings is 1.